The van der Waals surface area contributed by atoms with Gasteiger partial charge in [0.15, 0.2) is 0 Å². The second-order valence-corrected chi connectivity index (χ2v) is 6.94. The average Bonchev–Trinajstić information content (AvgIpc) is 2.73. The molecule has 1 fully saturated rings. The summed E-state index contributed by atoms with van der Waals surface area (Å²) in [7, 11) is 0. The van der Waals surface area contributed by atoms with Gasteiger partial charge in [0, 0.05) is 37.3 Å². The lowest BCUT2D eigenvalue weighted by Crippen LogP contribution is -2.43. The molecule has 1 aromatic heterocycles. The summed E-state index contributed by atoms with van der Waals surface area (Å²) in [6, 6.07) is 13.5. The Hall–Kier alpha value is -2.68. The molecule has 1 aliphatic rings. The fourth-order valence-electron chi connectivity index (χ4n) is 3.19. The van der Waals surface area contributed by atoms with Crippen molar-refractivity contribution in [1.29, 1.82) is 0 Å². The molecule has 2 heterocycles. The van der Waals surface area contributed by atoms with Crippen LogP contribution in [0.1, 0.15) is 30.4 Å². The molecular weight excluding hydrogens is 376 g/mol. The van der Waals surface area contributed by atoms with Crippen LogP contribution in [-0.4, -0.2) is 52.7 Å². The van der Waals surface area contributed by atoms with E-state index in [0.29, 0.717) is 57.2 Å². The smallest absolute Gasteiger partial charge is 0.478 e. The van der Waals surface area contributed by atoms with Crippen LogP contribution in [0.2, 0.25) is 0 Å². The van der Waals surface area contributed by atoms with Crippen molar-refractivity contribution in [3.05, 3.63) is 59.8 Å². The summed E-state index contributed by atoms with van der Waals surface area (Å²) in [4.78, 5) is 19.5. The van der Waals surface area contributed by atoms with Gasteiger partial charge in [-0.05, 0) is 24.5 Å². The zero-order valence-electron chi connectivity index (χ0n) is 16.2. The number of ether oxygens (including phenoxy) is 2. The third-order valence-corrected chi connectivity index (χ3v) is 4.82. The number of hydrogen-bond donors (Lipinski definition) is 2. The standard InChI is InChI=1S/C21H26N2O6/c24-20(25)29-23-11-9-21(26,10-12-23)18-7-8-19(22-15-18)28-14-4-13-27-16-17-5-2-1-3-6-17/h1-3,5-8,15,26H,4,9-14,16H2,(H,24,25). The van der Waals surface area contributed by atoms with E-state index in [0.717, 1.165) is 12.0 Å². The van der Waals surface area contributed by atoms with Crippen molar-refractivity contribution in [1.82, 2.24) is 10.0 Å². The Morgan fingerprint density at radius 3 is 2.52 bits per heavy atom. The topological polar surface area (TPSA) is 101 Å². The Morgan fingerprint density at radius 2 is 1.86 bits per heavy atom. The average molecular weight is 402 g/mol. The number of pyridine rings is 1. The molecule has 2 aromatic rings. The van der Waals surface area contributed by atoms with Gasteiger partial charge >= 0.3 is 6.16 Å². The maximum absolute atomic E-state index is 10.8. The quantitative estimate of drug-likeness (QED) is 0.618. The van der Waals surface area contributed by atoms with Gasteiger partial charge in [0.2, 0.25) is 5.88 Å². The number of nitrogens with zero attached hydrogens (tertiary/aromatic N) is 2. The van der Waals surface area contributed by atoms with Crippen LogP contribution in [0.3, 0.4) is 0 Å². The van der Waals surface area contributed by atoms with Gasteiger partial charge in [-0.3, -0.25) is 0 Å². The van der Waals surface area contributed by atoms with Gasteiger partial charge in [-0.2, -0.15) is 0 Å². The fraction of sp³-hybridized carbons (Fsp3) is 0.429. The first-order chi connectivity index (χ1) is 14.0. The molecule has 0 aliphatic carbocycles. The number of aromatic nitrogens is 1. The summed E-state index contributed by atoms with van der Waals surface area (Å²) >= 11 is 0. The molecule has 1 saturated heterocycles. The number of carbonyl (C=O) groups is 1. The van der Waals surface area contributed by atoms with E-state index in [9.17, 15) is 9.90 Å². The number of aliphatic hydroxyl groups is 1. The zero-order valence-corrected chi connectivity index (χ0v) is 16.2. The van der Waals surface area contributed by atoms with Gasteiger partial charge in [-0.25, -0.2) is 9.78 Å². The molecule has 8 nitrogen and oxygen atoms in total. The minimum absolute atomic E-state index is 0.323. The van der Waals surface area contributed by atoms with Gasteiger partial charge in [0.05, 0.1) is 25.4 Å². The Kier molecular flexibility index (Phi) is 7.40. The lowest BCUT2D eigenvalue weighted by molar-refractivity contribution is -0.163. The number of benzene rings is 1. The maximum atomic E-state index is 10.8. The third-order valence-electron chi connectivity index (χ3n) is 4.82. The van der Waals surface area contributed by atoms with Crippen LogP contribution >= 0.6 is 0 Å². The van der Waals surface area contributed by atoms with Gasteiger partial charge in [0.25, 0.3) is 0 Å². The Labute approximate surface area is 169 Å². The minimum Gasteiger partial charge on any atom is -0.478 e. The predicted molar refractivity (Wildman–Crippen MR) is 104 cm³/mol. The molecule has 29 heavy (non-hydrogen) atoms. The SMILES string of the molecule is O=C(O)ON1CCC(O)(c2ccc(OCCCOCc3ccccc3)nc2)CC1. The molecule has 0 bridgehead atoms. The highest BCUT2D eigenvalue weighted by atomic mass is 16.8. The molecule has 8 heteroatoms. The molecule has 0 atom stereocenters. The highest BCUT2D eigenvalue weighted by Gasteiger charge is 2.35. The van der Waals surface area contributed by atoms with Gasteiger partial charge in [-0.1, -0.05) is 30.3 Å². The van der Waals surface area contributed by atoms with E-state index in [-0.39, 0.29) is 0 Å². The Balaban J connectivity index is 1.37. The summed E-state index contributed by atoms with van der Waals surface area (Å²) in [6.07, 6.45) is 1.74. The highest BCUT2D eigenvalue weighted by molar-refractivity contribution is 5.56. The van der Waals surface area contributed by atoms with Crippen molar-refractivity contribution in [3.8, 4) is 5.88 Å². The second-order valence-electron chi connectivity index (χ2n) is 6.94. The molecule has 0 unspecified atom stereocenters. The third kappa shape index (κ3) is 6.42. The fourth-order valence-corrected chi connectivity index (χ4v) is 3.19. The first kappa shape index (κ1) is 21.0. The van der Waals surface area contributed by atoms with Crippen LogP contribution < -0.4 is 4.74 Å². The van der Waals surface area contributed by atoms with Gasteiger partial charge < -0.3 is 24.5 Å². The lowest BCUT2D eigenvalue weighted by atomic mass is 9.86. The Morgan fingerprint density at radius 1 is 1.10 bits per heavy atom. The van der Waals surface area contributed by atoms with Crippen molar-refractivity contribution in [2.45, 2.75) is 31.5 Å². The van der Waals surface area contributed by atoms with Gasteiger partial charge in [0.1, 0.15) is 0 Å². The van der Waals surface area contributed by atoms with Crippen molar-refractivity contribution in [2.75, 3.05) is 26.3 Å². The first-order valence-corrected chi connectivity index (χ1v) is 9.64. The lowest BCUT2D eigenvalue weighted by Gasteiger charge is -2.36. The monoisotopic (exact) mass is 402 g/mol. The second kappa shape index (κ2) is 10.2. The van der Waals surface area contributed by atoms with Crippen molar-refractivity contribution in [3.63, 3.8) is 0 Å². The van der Waals surface area contributed by atoms with Crippen molar-refractivity contribution in [2.24, 2.45) is 0 Å². The van der Waals surface area contributed by atoms with Crippen LogP contribution in [0.25, 0.3) is 0 Å². The molecular formula is C21H26N2O6. The van der Waals surface area contributed by atoms with Crippen LogP contribution in [0.5, 0.6) is 5.88 Å². The van der Waals surface area contributed by atoms with Crippen LogP contribution in [-0.2, 0) is 21.8 Å². The maximum Gasteiger partial charge on any atom is 0.525 e. The van der Waals surface area contributed by atoms with Crippen molar-refractivity contribution < 1.29 is 29.3 Å². The molecule has 0 spiro atoms. The summed E-state index contributed by atoms with van der Waals surface area (Å²) in [6.45, 7) is 2.32. The first-order valence-electron chi connectivity index (χ1n) is 9.64. The predicted octanol–water partition coefficient (Wildman–Crippen LogP) is 2.96. The molecule has 3 rings (SSSR count). The van der Waals surface area contributed by atoms with E-state index >= 15 is 0 Å². The molecule has 0 saturated carbocycles. The number of carboxylic acid groups (broad SMARTS) is 1. The van der Waals surface area contributed by atoms with E-state index in [4.69, 9.17) is 14.6 Å². The molecule has 1 aliphatic heterocycles. The number of hydrogen-bond acceptors (Lipinski definition) is 7. The number of rotatable bonds is 9. The summed E-state index contributed by atoms with van der Waals surface area (Å²) in [5.74, 6) is 0.493. The van der Waals surface area contributed by atoms with E-state index in [2.05, 4.69) is 9.82 Å². The number of hydroxylamine groups is 2. The van der Waals surface area contributed by atoms with E-state index < -0.39 is 11.8 Å². The number of piperidine rings is 1. The van der Waals surface area contributed by atoms with E-state index in [1.165, 1.54) is 5.06 Å². The van der Waals surface area contributed by atoms with Crippen molar-refractivity contribution >= 4 is 6.16 Å². The zero-order chi connectivity index (χ0) is 20.5. The summed E-state index contributed by atoms with van der Waals surface area (Å²) in [5, 5.41) is 20.8. The molecule has 2 N–H and O–H groups in total. The largest absolute Gasteiger partial charge is 0.525 e. The van der Waals surface area contributed by atoms with E-state index in [1.54, 1.807) is 18.3 Å². The Bertz CT molecular complexity index is 761. The van der Waals surface area contributed by atoms with E-state index in [1.807, 2.05) is 30.3 Å². The molecule has 0 amide bonds. The molecule has 0 radical (unpaired) electrons. The van der Waals surface area contributed by atoms with Gasteiger partial charge in [-0.15, -0.1) is 5.06 Å². The van der Waals surface area contributed by atoms with Crippen LogP contribution in [0.15, 0.2) is 48.7 Å². The minimum atomic E-state index is -1.34. The van der Waals surface area contributed by atoms with Crippen LogP contribution in [0, 0.1) is 0 Å². The molecule has 156 valence electrons. The summed E-state index contributed by atoms with van der Waals surface area (Å²) < 4.78 is 11.2. The highest BCUT2D eigenvalue weighted by Crippen LogP contribution is 2.33. The summed E-state index contributed by atoms with van der Waals surface area (Å²) in [5.41, 5.74) is 0.782. The molecule has 1 aromatic carbocycles. The van der Waals surface area contributed by atoms with Crippen LogP contribution in [0.4, 0.5) is 4.79 Å². The normalized spacial score (nSPS) is 16.3.